The van der Waals surface area contributed by atoms with E-state index in [4.69, 9.17) is 0 Å². The van der Waals surface area contributed by atoms with Gasteiger partial charge in [-0.3, -0.25) is 0 Å². The van der Waals surface area contributed by atoms with Crippen molar-refractivity contribution in [2.45, 2.75) is 13.0 Å². The highest BCUT2D eigenvalue weighted by molar-refractivity contribution is 5.87. The third-order valence-corrected chi connectivity index (χ3v) is 4.77. The minimum atomic E-state index is 0.358. The summed E-state index contributed by atoms with van der Waals surface area (Å²) in [5.74, 6) is 0.358. The van der Waals surface area contributed by atoms with Crippen LogP contribution in [0.5, 0.6) is 5.75 Å². The molecule has 0 fully saturated rings. The Bertz CT molecular complexity index is 1020. The van der Waals surface area contributed by atoms with Gasteiger partial charge >= 0.3 is 0 Å². The van der Waals surface area contributed by atoms with Crippen LogP contribution in [0.4, 0.5) is 0 Å². The van der Waals surface area contributed by atoms with Crippen LogP contribution in [0.3, 0.4) is 0 Å². The molecule has 0 bridgehead atoms. The summed E-state index contributed by atoms with van der Waals surface area (Å²) in [6.45, 7) is 1.54. The Morgan fingerprint density at radius 3 is 2.20 bits per heavy atom. The van der Waals surface area contributed by atoms with Gasteiger partial charge < -0.3 is 10.4 Å². The van der Waals surface area contributed by atoms with Crippen LogP contribution in [0.1, 0.15) is 11.1 Å². The van der Waals surface area contributed by atoms with Crippen LogP contribution in [0.2, 0.25) is 0 Å². The molecule has 0 aliphatic rings. The highest BCUT2D eigenvalue weighted by Crippen LogP contribution is 2.27. The molecule has 0 atom stereocenters. The molecular weight excluding hydrogens is 306 g/mol. The van der Waals surface area contributed by atoms with Crippen LogP contribution in [0, 0.1) is 0 Å². The molecule has 124 valence electrons. The van der Waals surface area contributed by atoms with Crippen molar-refractivity contribution >= 4 is 21.5 Å². The number of aromatic hydroxyl groups is 1. The number of fused-ring (bicyclic) bond motifs is 2. The zero-order valence-corrected chi connectivity index (χ0v) is 14.1. The van der Waals surface area contributed by atoms with E-state index >= 15 is 0 Å². The fourth-order valence-corrected chi connectivity index (χ4v) is 3.46. The Hall–Kier alpha value is -2.84. The SMILES string of the molecule is Oc1ccc2ccccc2c1CNCCc1cccc2ccccc12. The summed E-state index contributed by atoms with van der Waals surface area (Å²) in [4.78, 5) is 0. The molecule has 4 aromatic rings. The van der Waals surface area contributed by atoms with E-state index in [9.17, 15) is 5.11 Å². The lowest BCUT2D eigenvalue weighted by molar-refractivity contribution is 0.466. The number of rotatable bonds is 5. The third kappa shape index (κ3) is 3.21. The maximum Gasteiger partial charge on any atom is 0.120 e. The molecule has 0 aromatic heterocycles. The fraction of sp³-hybridized carbons (Fsp3) is 0.130. The molecule has 0 heterocycles. The number of phenols is 1. The summed E-state index contributed by atoms with van der Waals surface area (Å²) in [6.07, 6.45) is 0.965. The molecule has 0 aliphatic carbocycles. The van der Waals surface area contributed by atoms with Crippen LogP contribution in [-0.4, -0.2) is 11.7 Å². The van der Waals surface area contributed by atoms with Crippen molar-refractivity contribution in [1.82, 2.24) is 5.32 Å². The highest BCUT2D eigenvalue weighted by atomic mass is 16.3. The second-order valence-electron chi connectivity index (χ2n) is 6.35. The second kappa shape index (κ2) is 6.96. The first-order chi connectivity index (χ1) is 12.3. The molecule has 0 saturated heterocycles. The zero-order valence-electron chi connectivity index (χ0n) is 14.1. The summed E-state index contributed by atoms with van der Waals surface area (Å²) in [6, 6.07) is 26.9. The molecule has 0 spiro atoms. The maximum atomic E-state index is 10.2. The van der Waals surface area contributed by atoms with E-state index in [1.54, 1.807) is 6.07 Å². The van der Waals surface area contributed by atoms with Gasteiger partial charge in [-0.1, -0.05) is 72.8 Å². The lowest BCUT2D eigenvalue weighted by Gasteiger charge is -2.11. The Morgan fingerprint density at radius 2 is 1.36 bits per heavy atom. The molecule has 2 nitrogen and oxygen atoms in total. The molecule has 25 heavy (non-hydrogen) atoms. The number of hydrogen-bond acceptors (Lipinski definition) is 2. The number of nitrogens with one attached hydrogen (secondary N) is 1. The summed E-state index contributed by atoms with van der Waals surface area (Å²) >= 11 is 0. The van der Waals surface area contributed by atoms with Crippen molar-refractivity contribution in [2.24, 2.45) is 0 Å². The average molecular weight is 327 g/mol. The van der Waals surface area contributed by atoms with Gasteiger partial charge in [-0.15, -0.1) is 0 Å². The van der Waals surface area contributed by atoms with Crippen LogP contribution < -0.4 is 5.32 Å². The monoisotopic (exact) mass is 327 g/mol. The third-order valence-electron chi connectivity index (χ3n) is 4.77. The first kappa shape index (κ1) is 15.7. The molecule has 0 unspecified atom stereocenters. The van der Waals surface area contributed by atoms with Gasteiger partial charge in [-0.05, 0) is 46.1 Å². The van der Waals surface area contributed by atoms with Gasteiger partial charge in [-0.2, -0.15) is 0 Å². The molecule has 0 amide bonds. The molecular formula is C23H21NO. The average Bonchev–Trinajstić information content (AvgIpc) is 2.66. The second-order valence-corrected chi connectivity index (χ2v) is 6.35. The topological polar surface area (TPSA) is 32.3 Å². The summed E-state index contributed by atoms with van der Waals surface area (Å²) < 4.78 is 0. The van der Waals surface area contributed by atoms with E-state index in [1.165, 1.54) is 16.3 Å². The molecule has 4 rings (SSSR count). The number of phenolic OH excluding ortho intramolecular Hbond substituents is 1. The largest absolute Gasteiger partial charge is 0.508 e. The molecule has 2 heteroatoms. The minimum absolute atomic E-state index is 0.358. The molecule has 0 radical (unpaired) electrons. The Labute approximate surface area is 147 Å². The Kier molecular flexibility index (Phi) is 4.36. The van der Waals surface area contributed by atoms with Gasteiger partial charge in [0, 0.05) is 12.1 Å². The molecule has 0 saturated carbocycles. The van der Waals surface area contributed by atoms with E-state index in [-0.39, 0.29) is 0 Å². The quantitative estimate of drug-likeness (QED) is 0.504. The van der Waals surface area contributed by atoms with E-state index in [0.717, 1.165) is 29.3 Å². The van der Waals surface area contributed by atoms with Crippen molar-refractivity contribution in [2.75, 3.05) is 6.54 Å². The van der Waals surface area contributed by atoms with Gasteiger partial charge in [0.15, 0.2) is 0 Å². The smallest absolute Gasteiger partial charge is 0.120 e. The van der Waals surface area contributed by atoms with E-state index in [2.05, 4.69) is 59.9 Å². The van der Waals surface area contributed by atoms with Gasteiger partial charge in [0.25, 0.3) is 0 Å². The highest BCUT2D eigenvalue weighted by Gasteiger charge is 2.06. The van der Waals surface area contributed by atoms with E-state index in [1.807, 2.05) is 18.2 Å². The lowest BCUT2D eigenvalue weighted by Crippen LogP contribution is -2.17. The summed E-state index contributed by atoms with van der Waals surface area (Å²) in [5, 5.41) is 18.6. The fourth-order valence-electron chi connectivity index (χ4n) is 3.46. The van der Waals surface area contributed by atoms with Crippen LogP contribution >= 0.6 is 0 Å². The van der Waals surface area contributed by atoms with Gasteiger partial charge in [0.1, 0.15) is 5.75 Å². The Balaban J connectivity index is 1.47. The standard InChI is InChI=1S/C23H21NO/c25-23-13-12-18-7-2-4-11-21(18)22(23)16-24-15-14-19-9-5-8-17-6-1-3-10-20(17)19/h1-13,24-25H,14-16H2. The van der Waals surface area contributed by atoms with Gasteiger partial charge in [0.05, 0.1) is 0 Å². The number of hydrogen-bond donors (Lipinski definition) is 2. The maximum absolute atomic E-state index is 10.2. The van der Waals surface area contributed by atoms with Crippen LogP contribution in [0.25, 0.3) is 21.5 Å². The van der Waals surface area contributed by atoms with Crippen molar-refractivity contribution < 1.29 is 5.11 Å². The van der Waals surface area contributed by atoms with Crippen LogP contribution in [-0.2, 0) is 13.0 Å². The minimum Gasteiger partial charge on any atom is -0.508 e. The zero-order chi connectivity index (χ0) is 17.1. The van der Waals surface area contributed by atoms with E-state index < -0.39 is 0 Å². The first-order valence-electron chi connectivity index (χ1n) is 8.70. The lowest BCUT2D eigenvalue weighted by atomic mass is 10.0. The Morgan fingerprint density at radius 1 is 0.680 bits per heavy atom. The van der Waals surface area contributed by atoms with Crippen molar-refractivity contribution in [3.05, 3.63) is 90.0 Å². The molecule has 2 N–H and O–H groups in total. The predicted molar refractivity (Wildman–Crippen MR) is 105 cm³/mol. The number of benzene rings is 4. The first-order valence-corrected chi connectivity index (χ1v) is 8.70. The van der Waals surface area contributed by atoms with Gasteiger partial charge in [0.2, 0.25) is 0 Å². The summed E-state index contributed by atoms with van der Waals surface area (Å²) in [5.41, 5.74) is 2.32. The van der Waals surface area contributed by atoms with Crippen molar-refractivity contribution in [3.8, 4) is 5.75 Å². The molecule has 0 aliphatic heterocycles. The predicted octanol–water partition coefficient (Wildman–Crippen LogP) is 5.03. The van der Waals surface area contributed by atoms with Crippen molar-refractivity contribution in [1.29, 1.82) is 0 Å². The van der Waals surface area contributed by atoms with Gasteiger partial charge in [-0.25, -0.2) is 0 Å². The van der Waals surface area contributed by atoms with E-state index in [0.29, 0.717) is 12.3 Å². The normalized spacial score (nSPS) is 11.2. The van der Waals surface area contributed by atoms with Crippen molar-refractivity contribution in [3.63, 3.8) is 0 Å². The summed E-state index contributed by atoms with van der Waals surface area (Å²) in [7, 11) is 0. The van der Waals surface area contributed by atoms with Crippen LogP contribution in [0.15, 0.2) is 78.9 Å². The molecule has 4 aromatic carbocycles.